The number of benzene rings is 1. The predicted molar refractivity (Wildman–Crippen MR) is 91.1 cm³/mol. The van der Waals surface area contributed by atoms with Gasteiger partial charge in [-0.3, -0.25) is 4.79 Å². The van der Waals surface area contributed by atoms with Gasteiger partial charge in [-0.1, -0.05) is 12.1 Å². The van der Waals surface area contributed by atoms with Gasteiger partial charge < -0.3 is 19.9 Å². The highest BCUT2D eigenvalue weighted by Crippen LogP contribution is 2.48. The summed E-state index contributed by atoms with van der Waals surface area (Å²) in [5.74, 6) is 0.825. The highest BCUT2D eigenvalue weighted by molar-refractivity contribution is 5.76. The average Bonchev–Trinajstić information content (AvgIpc) is 2.58. The summed E-state index contributed by atoms with van der Waals surface area (Å²) in [5, 5.41) is 13.2. The van der Waals surface area contributed by atoms with Crippen molar-refractivity contribution >= 4 is 5.91 Å². The number of carbonyl (C=O) groups is 1. The van der Waals surface area contributed by atoms with Crippen molar-refractivity contribution in [3.8, 4) is 5.75 Å². The van der Waals surface area contributed by atoms with E-state index >= 15 is 0 Å². The maximum Gasteiger partial charge on any atom is 0.223 e. The minimum Gasteiger partial charge on any atom is -0.493 e. The maximum atomic E-state index is 12.2. The van der Waals surface area contributed by atoms with E-state index in [0.29, 0.717) is 32.7 Å². The Morgan fingerprint density at radius 3 is 2.83 bits per heavy atom. The number of aliphatic hydroxyl groups is 1. The summed E-state index contributed by atoms with van der Waals surface area (Å²) in [4.78, 5) is 12.2. The molecule has 0 radical (unpaired) electrons. The molecule has 1 saturated heterocycles. The third kappa shape index (κ3) is 3.42. The first-order valence-corrected chi connectivity index (χ1v) is 8.76. The summed E-state index contributed by atoms with van der Waals surface area (Å²) < 4.78 is 11.1. The van der Waals surface area contributed by atoms with E-state index < -0.39 is 0 Å². The largest absolute Gasteiger partial charge is 0.493 e. The molecule has 3 rings (SSSR count). The van der Waals surface area contributed by atoms with Crippen molar-refractivity contribution in [2.24, 2.45) is 5.41 Å². The second kappa shape index (κ2) is 7.11. The van der Waals surface area contributed by atoms with Gasteiger partial charge in [-0.25, -0.2) is 0 Å². The lowest BCUT2D eigenvalue weighted by molar-refractivity contribution is -0.156. The zero-order valence-corrected chi connectivity index (χ0v) is 14.5. The Bertz CT molecular complexity index is 595. The number of ether oxygens (including phenoxy) is 2. The van der Waals surface area contributed by atoms with Gasteiger partial charge >= 0.3 is 0 Å². The van der Waals surface area contributed by atoms with Crippen LogP contribution in [-0.2, 0) is 9.53 Å². The van der Waals surface area contributed by atoms with E-state index in [1.807, 2.05) is 32.0 Å². The standard InChI is InChI=1S/C19H27NO4/c1-13-3-4-14(2)15(11-13)24-8-5-18(22)20-16-12-17(21)19(16)6-9-23-10-7-19/h3-4,11,16-17,21H,5-10,12H2,1-2H3,(H,20,22)/t16-,17-/m1/s1. The summed E-state index contributed by atoms with van der Waals surface area (Å²) >= 11 is 0. The summed E-state index contributed by atoms with van der Waals surface area (Å²) in [6, 6.07) is 6.12. The van der Waals surface area contributed by atoms with Crippen molar-refractivity contribution in [1.29, 1.82) is 0 Å². The predicted octanol–water partition coefficient (Wildman–Crippen LogP) is 2.12. The van der Waals surface area contributed by atoms with Crippen molar-refractivity contribution in [2.75, 3.05) is 19.8 Å². The first kappa shape index (κ1) is 17.2. The Labute approximate surface area is 143 Å². The number of aryl methyl sites for hydroxylation is 2. The Morgan fingerprint density at radius 2 is 2.12 bits per heavy atom. The molecule has 0 bridgehead atoms. The van der Waals surface area contributed by atoms with Gasteiger partial charge in [0.05, 0.1) is 19.1 Å². The van der Waals surface area contributed by atoms with Gasteiger partial charge in [0, 0.05) is 24.7 Å². The van der Waals surface area contributed by atoms with Crippen LogP contribution in [0.25, 0.3) is 0 Å². The van der Waals surface area contributed by atoms with Gasteiger partial charge in [0.15, 0.2) is 0 Å². The molecule has 24 heavy (non-hydrogen) atoms. The van der Waals surface area contributed by atoms with Crippen LogP contribution in [0.4, 0.5) is 0 Å². The van der Waals surface area contributed by atoms with Crippen molar-refractivity contribution in [1.82, 2.24) is 5.32 Å². The van der Waals surface area contributed by atoms with E-state index in [-0.39, 0.29) is 23.5 Å². The van der Waals surface area contributed by atoms with Gasteiger partial charge in [-0.05, 0) is 50.3 Å². The van der Waals surface area contributed by atoms with Gasteiger partial charge in [0.25, 0.3) is 0 Å². The summed E-state index contributed by atoms with van der Waals surface area (Å²) in [7, 11) is 0. The summed E-state index contributed by atoms with van der Waals surface area (Å²) in [6.07, 6.45) is 2.28. The minimum atomic E-state index is -0.321. The number of hydrogen-bond acceptors (Lipinski definition) is 4. The molecule has 1 saturated carbocycles. The van der Waals surface area contributed by atoms with E-state index in [0.717, 1.165) is 29.7 Å². The van der Waals surface area contributed by atoms with Crippen LogP contribution < -0.4 is 10.1 Å². The molecule has 5 heteroatoms. The Kier molecular flexibility index (Phi) is 5.11. The van der Waals surface area contributed by atoms with Crippen LogP contribution in [0.1, 0.15) is 36.8 Å². The fourth-order valence-electron chi connectivity index (χ4n) is 3.78. The molecule has 0 unspecified atom stereocenters. The van der Waals surface area contributed by atoms with Crippen molar-refractivity contribution in [3.05, 3.63) is 29.3 Å². The minimum absolute atomic E-state index is 0.0110. The molecule has 1 amide bonds. The van der Waals surface area contributed by atoms with Crippen LogP contribution in [0.15, 0.2) is 18.2 Å². The van der Waals surface area contributed by atoms with Gasteiger partial charge in [-0.15, -0.1) is 0 Å². The Hall–Kier alpha value is -1.59. The third-order valence-corrected chi connectivity index (χ3v) is 5.51. The highest BCUT2D eigenvalue weighted by atomic mass is 16.5. The van der Waals surface area contributed by atoms with Crippen molar-refractivity contribution in [3.63, 3.8) is 0 Å². The monoisotopic (exact) mass is 333 g/mol. The van der Waals surface area contributed by atoms with E-state index in [9.17, 15) is 9.90 Å². The molecule has 1 aromatic rings. The van der Waals surface area contributed by atoms with Crippen LogP contribution in [0.2, 0.25) is 0 Å². The number of amides is 1. The molecular formula is C19H27NO4. The van der Waals surface area contributed by atoms with Crippen LogP contribution in [0.3, 0.4) is 0 Å². The van der Waals surface area contributed by atoms with Crippen LogP contribution in [0, 0.1) is 19.3 Å². The molecule has 1 aliphatic heterocycles. The van der Waals surface area contributed by atoms with Crippen LogP contribution in [-0.4, -0.2) is 43.0 Å². The molecule has 2 aliphatic rings. The first-order valence-electron chi connectivity index (χ1n) is 8.76. The average molecular weight is 333 g/mol. The molecule has 1 spiro atoms. The second-order valence-electron chi connectivity index (χ2n) is 7.08. The zero-order chi connectivity index (χ0) is 17.2. The summed E-state index contributed by atoms with van der Waals surface area (Å²) in [5.41, 5.74) is 2.04. The topological polar surface area (TPSA) is 67.8 Å². The number of hydrogen-bond donors (Lipinski definition) is 2. The smallest absolute Gasteiger partial charge is 0.223 e. The first-order chi connectivity index (χ1) is 11.5. The lowest BCUT2D eigenvalue weighted by Crippen LogP contribution is -2.65. The Morgan fingerprint density at radius 1 is 1.38 bits per heavy atom. The molecular weight excluding hydrogens is 306 g/mol. The highest BCUT2D eigenvalue weighted by Gasteiger charge is 2.55. The molecule has 2 atom stereocenters. The van der Waals surface area contributed by atoms with E-state index in [4.69, 9.17) is 9.47 Å². The fourth-order valence-corrected chi connectivity index (χ4v) is 3.78. The molecule has 0 aromatic heterocycles. The molecule has 1 aliphatic carbocycles. The molecule has 2 fully saturated rings. The van der Waals surface area contributed by atoms with Gasteiger partial charge in [0.2, 0.25) is 5.91 Å². The lowest BCUT2D eigenvalue weighted by atomic mass is 9.58. The molecule has 132 valence electrons. The quantitative estimate of drug-likeness (QED) is 0.866. The number of nitrogens with one attached hydrogen (secondary N) is 1. The number of carbonyl (C=O) groups excluding carboxylic acids is 1. The summed E-state index contributed by atoms with van der Waals surface area (Å²) in [6.45, 7) is 5.72. The molecule has 2 N–H and O–H groups in total. The lowest BCUT2D eigenvalue weighted by Gasteiger charge is -2.55. The van der Waals surface area contributed by atoms with Gasteiger partial charge in [-0.2, -0.15) is 0 Å². The zero-order valence-electron chi connectivity index (χ0n) is 14.5. The molecule has 1 aromatic carbocycles. The van der Waals surface area contributed by atoms with Crippen molar-refractivity contribution in [2.45, 2.75) is 51.7 Å². The SMILES string of the molecule is Cc1ccc(C)c(OCCC(=O)N[C@@H]2C[C@@H](O)C23CCOCC3)c1. The van der Waals surface area contributed by atoms with Crippen LogP contribution >= 0.6 is 0 Å². The molecule has 1 heterocycles. The number of aliphatic hydroxyl groups excluding tert-OH is 1. The second-order valence-corrected chi connectivity index (χ2v) is 7.08. The van der Waals surface area contributed by atoms with E-state index in [1.54, 1.807) is 0 Å². The number of rotatable bonds is 5. The van der Waals surface area contributed by atoms with E-state index in [2.05, 4.69) is 5.32 Å². The normalized spacial score (nSPS) is 25.1. The fraction of sp³-hybridized carbons (Fsp3) is 0.632. The van der Waals surface area contributed by atoms with Gasteiger partial charge in [0.1, 0.15) is 5.75 Å². The van der Waals surface area contributed by atoms with Crippen LogP contribution in [0.5, 0.6) is 5.75 Å². The third-order valence-electron chi connectivity index (χ3n) is 5.51. The molecule has 5 nitrogen and oxygen atoms in total. The van der Waals surface area contributed by atoms with E-state index in [1.165, 1.54) is 0 Å². The maximum absolute atomic E-state index is 12.2. The Balaban J connectivity index is 1.47. The van der Waals surface area contributed by atoms with Crippen molar-refractivity contribution < 1.29 is 19.4 Å².